The summed E-state index contributed by atoms with van der Waals surface area (Å²) in [7, 11) is 0. The number of nitrogens with zero attached hydrogens (tertiary/aromatic N) is 1. The summed E-state index contributed by atoms with van der Waals surface area (Å²) < 4.78 is 0. The molecule has 0 aliphatic heterocycles. The lowest BCUT2D eigenvalue weighted by Crippen LogP contribution is -1.89. The van der Waals surface area contributed by atoms with Crippen molar-refractivity contribution in [3.8, 4) is 0 Å². The second-order valence-corrected chi connectivity index (χ2v) is 3.43. The normalized spacial score (nSPS) is 10.6. The molecule has 0 spiro atoms. The van der Waals surface area contributed by atoms with Crippen molar-refractivity contribution in [1.29, 1.82) is 0 Å². The topological polar surface area (TPSA) is 38.9 Å². The van der Waals surface area contributed by atoms with Gasteiger partial charge in [-0.15, -0.1) is 0 Å². The average Bonchev–Trinajstić information content (AvgIpc) is 2.09. The Labute approximate surface area is 81.3 Å². The zero-order chi connectivity index (χ0) is 9.42. The number of nitrogen functional groups attached to an aromatic ring is 1. The number of hydrogen-bond acceptors (Lipinski definition) is 2. The first-order valence-electron chi connectivity index (χ1n) is 3.99. The summed E-state index contributed by atoms with van der Waals surface area (Å²) in [6.45, 7) is 1.95. The molecule has 0 aliphatic carbocycles. The maximum absolute atomic E-state index is 5.96. The van der Waals surface area contributed by atoms with Crippen molar-refractivity contribution < 1.29 is 0 Å². The molecule has 2 nitrogen and oxygen atoms in total. The van der Waals surface area contributed by atoms with Gasteiger partial charge in [-0.05, 0) is 30.7 Å². The van der Waals surface area contributed by atoms with E-state index >= 15 is 0 Å². The molecule has 0 saturated carbocycles. The average molecular weight is 193 g/mol. The fourth-order valence-corrected chi connectivity index (χ4v) is 1.45. The summed E-state index contributed by atoms with van der Waals surface area (Å²) in [4.78, 5) is 4.18. The standard InChI is InChI=1S/C10H9ClN2/c1-6-4-7-9(12)2-3-13-10(7)5-8(6)11/h2-5H,1H3,(H2,12,13). The summed E-state index contributed by atoms with van der Waals surface area (Å²) >= 11 is 5.96. The molecule has 2 N–H and O–H groups in total. The monoisotopic (exact) mass is 192 g/mol. The van der Waals surface area contributed by atoms with E-state index in [1.54, 1.807) is 12.3 Å². The number of fused-ring (bicyclic) bond motifs is 1. The molecule has 2 aromatic rings. The van der Waals surface area contributed by atoms with Gasteiger partial charge in [0, 0.05) is 22.3 Å². The summed E-state index contributed by atoms with van der Waals surface area (Å²) in [6.07, 6.45) is 1.68. The van der Waals surface area contributed by atoms with E-state index in [4.69, 9.17) is 17.3 Å². The van der Waals surface area contributed by atoms with Gasteiger partial charge in [-0.25, -0.2) is 0 Å². The number of pyridine rings is 1. The third-order valence-electron chi connectivity index (χ3n) is 2.06. The number of hydrogen-bond donors (Lipinski definition) is 1. The van der Waals surface area contributed by atoms with Crippen LogP contribution in [0.2, 0.25) is 5.02 Å². The van der Waals surface area contributed by atoms with Crippen molar-refractivity contribution >= 4 is 28.2 Å². The van der Waals surface area contributed by atoms with Crippen LogP contribution < -0.4 is 5.73 Å². The second-order valence-electron chi connectivity index (χ2n) is 3.02. The number of aromatic nitrogens is 1. The third-order valence-corrected chi connectivity index (χ3v) is 2.46. The highest BCUT2D eigenvalue weighted by Gasteiger charge is 2.02. The van der Waals surface area contributed by atoms with Gasteiger partial charge in [-0.1, -0.05) is 11.6 Å². The fourth-order valence-electron chi connectivity index (χ4n) is 1.30. The van der Waals surface area contributed by atoms with Gasteiger partial charge < -0.3 is 5.73 Å². The van der Waals surface area contributed by atoms with Gasteiger partial charge in [-0.2, -0.15) is 0 Å². The Morgan fingerprint density at radius 3 is 2.92 bits per heavy atom. The SMILES string of the molecule is Cc1cc2c(N)ccnc2cc1Cl. The van der Waals surface area contributed by atoms with E-state index < -0.39 is 0 Å². The van der Waals surface area contributed by atoms with Crippen molar-refractivity contribution in [1.82, 2.24) is 4.98 Å². The van der Waals surface area contributed by atoms with Crippen LogP contribution in [0.4, 0.5) is 5.69 Å². The molecule has 1 aromatic heterocycles. The van der Waals surface area contributed by atoms with E-state index in [2.05, 4.69) is 4.98 Å². The summed E-state index contributed by atoms with van der Waals surface area (Å²) in [5.74, 6) is 0. The Morgan fingerprint density at radius 1 is 1.38 bits per heavy atom. The predicted octanol–water partition coefficient (Wildman–Crippen LogP) is 2.78. The number of nitrogens with two attached hydrogens (primary N) is 1. The number of aryl methyl sites for hydroxylation is 1. The number of rotatable bonds is 0. The van der Waals surface area contributed by atoms with E-state index in [-0.39, 0.29) is 0 Å². The van der Waals surface area contributed by atoms with E-state index in [1.807, 2.05) is 19.1 Å². The van der Waals surface area contributed by atoms with Crippen molar-refractivity contribution in [3.63, 3.8) is 0 Å². The lowest BCUT2D eigenvalue weighted by Gasteiger charge is -2.03. The number of benzene rings is 1. The smallest absolute Gasteiger partial charge is 0.0737 e. The largest absolute Gasteiger partial charge is 0.398 e. The summed E-state index contributed by atoms with van der Waals surface area (Å²) in [5, 5.41) is 1.69. The second kappa shape index (κ2) is 2.89. The Hall–Kier alpha value is -1.28. The summed E-state index contributed by atoms with van der Waals surface area (Å²) in [5.41, 5.74) is 8.40. The van der Waals surface area contributed by atoms with Crippen LogP contribution in [-0.2, 0) is 0 Å². The van der Waals surface area contributed by atoms with Gasteiger partial charge in [0.25, 0.3) is 0 Å². The summed E-state index contributed by atoms with van der Waals surface area (Å²) in [6, 6.07) is 5.58. The number of halogens is 1. The quantitative estimate of drug-likeness (QED) is 0.697. The van der Waals surface area contributed by atoms with Crippen molar-refractivity contribution in [2.45, 2.75) is 6.92 Å². The van der Waals surface area contributed by atoms with Crippen molar-refractivity contribution in [3.05, 3.63) is 35.0 Å². The molecule has 0 aliphatic rings. The van der Waals surface area contributed by atoms with Crippen LogP contribution in [0.25, 0.3) is 10.9 Å². The van der Waals surface area contributed by atoms with Gasteiger partial charge in [-0.3, -0.25) is 4.98 Å². The zero-order valence-corrected chi connectivity index (χ0v) is 7.97. The molecule has 1 aromatic carbocycles. The Kier molecular flexibility index (Phi) is 1.85. The molecule has 0 fully saturated rings. The molecular formula is C10H9ClN2. The molecule has 13 heavy (non-hydrogen) atoms. The van der Waals surface area contributed by atoms with Crippen LogP contribution in [0.15, 0.2) is 24.4 Å². The van der Waals surface area contributed by atoms with E-state index in [1.165, 1.54) is 0 Å². The van der Waals surface area contributed by atoms with E-state index in [0.29, 0.717) is 0 Å². The highest BCUT2D eigenvalue weighted by Crippen LogP contribution is 2.25. The molecule has 1 heterocycles. The lowest BCUT2D eigenvalue weighted by molar-refractivity contribution is 1.39. The molecular weight excluding hydrogens is 184 g/mol. The lowest BCUT2D eigenvalue weighted by atomic mass is 10.1. The number of anilines is 1. The predicted molar refractivity (Wildman–Crippen MR) is 55.9 cm³/mol. The Balaban J connectivity index is 2.89. The molecule has 66 valence electrons. The van der Waals surface area contributed by atoms with Gasteiger partial charge in [0.1, 0.15) is 0 Å². The van der Waals surface area contributed by atoms with Gasteiger partial charge in [0.05, 0.1) is 5.52 Å². The zero-order valence-electron chi connectivity index (χ0n) is 7.21. The van der Waals surface area contributed by atoms with Crippen LogP contribution in [0.5, 0.6) is 0 Å². The molecule has 0 saturated heterocycles. The molecule has 2 rings (SSSR count). The van der Waals surface area contributed by atoms with Crippen LogP contribution in [-0.4, -0.2) is 4.98 Å². The van der Waals surface area contributed by atoms with Crippen LogP contribution in [0.1, 0.15) is 5.56 Å². The first kappa shape index (κ1) is 8.32. The Morgan fingerprint density at radius 2 is 2.15 bits per heavy atom. The maximum atomic E-state index is 5.96. The van der Waals surface area contributed by atoms with E-state index in [0.717, 1.165) is 27.2 Å². The van der Waals surface area contributed by atoms with E-state index in [9.17, 15) is 0 Å². The first-order chi connectivity index (χ1) is 6.18. The maximum Gasteiger partial charge on any atom is 0.0737 e. The molecule has 0 unspecified atom stereocenters. The third kappa shape index (κ3) is 1.33. The van der Waals surface area contributed by atoms with Crippen molar-refractivity contribution in [2.75, 3.05) is 5.73 Å². The van der Waals surface area contributed by atoms with Crippen LogP contribution in [0, 0.1) is 6.92 Å². The van der Waals surface area contributed by atoms with Gasteiger partial charge in [0.2, 0.25) is 0 Å². The minimum atomic E-state index is 0.727. The Bertz CT molecular complexity index is 466. The highest BCUT2D eigenvalue weighted by molar-refractivity contribution is 6.32. The molecule has 0 radical (unpaired) electrons. The molecule has 3 heteroatoms. The van der Waals surface area contributed by atoms with Gasteiger partial charge in [0.15, 0.2) is 0 Å². The molecule has 0 atom stereocenters. The van der Waals surface area contributed by atoms with Crippen molar-refractivity contribution in [2.24, 2.45) is 0 Å². The van der Waals surface area contributed by atoms with Gasteiger partial charge >= 0.3 is 0 Å². The minimum absolute atomic E-state index is 0.727. The minimum Gasteiger partial charge on any atom is -0.398 e. The fraction of sp³-hybridized carbons (Fsp3) is 0.100. The first-order valence-corrected chi connectivity index (χ1v) is 4.36. The van der Waals surface area contributed by atoms with Crippen LogP contribution >= 0.6 is 11.6 Å². The molecule has 0 amide bonds. The van der Waals surface area contributed by atoms with Crippen LogP contribution in [0.3, 0.4) is 0 Å². The highest BCUT2D eigenvalue weighted by atomic mass is 35.5. The molecule has 0 bridgehead atoms.